The maximum Gasteiger partial charge on any atom is 0.274 e. The predicted octanol–water partition coefficient (Wildman–Crippen LogP) is 5.22. The van der Waals surface area contributed by atoms with Crippen molar-refractivity contribution >= 4 is 39.7 Å². The van der Waals surface area contributed by atoms with Gasteiger partial charge in [0.05, 0.1) is 17.4 Å². The zero-order chi connectivity index (χ0) is 25.9. The molecule has 0 aliphatic carbocycles. The Kier molecular flexibility index (Phi) is 6.95. The Morgan fingerprint density at radius 3 is 2.81 bits per heavy atom. The Morgan fingerprint density at radius 2 is 2.03 bits per heavy atom. The number of amides is 2. The number of nitrogens with one attached hydrogen (secondary N) is 2. The second-order valence-electron chi connectivity index (χ2n) is 8.74. The Hall–Kier alpha value is -4.12. The number of nitrogens with zero attached hydrogens (tertiary/aromatic N) is 4. The molecule has 2 amide bonds. The van der Waals surface area contributed by atoms with E-state index in [0.717, 1.165) is 18.5 Å². The number of rotatable bonds is 7. The van der Waals surface area contributed by atoms with Crippen molar-refractivity contribution in [3.8, 4) is 0 Å². The van der Waals surface area contributed by atoms with Crippen LogP contribution in [0.2, 0.25) is 0 Å². The van der Waals surface area contributed by atoms with Gasteiger partial charge in [0.1, 0.15) is 11.5 Å². The molecule has 1 fully saturated rings. The van der Waals surface area contributed by atoms with Gasteiger partial charge in [-0.3, -0.25) is 14.9 Å². The molecule has 11 heteroatoms. The van der Waals surface area contributed by atoms with E-state index in [1.54, 1.807) is 41.1 Å². The highest BCUT2D eigenvalue weighted by molar-refractivity contribution is 7.14. The summed E-state index contributed by atoms with van der Waals surface area (Å²) in [5.41, 5.74) is 2.71. The molecule has 0 spiro atoms. The molecule has 1 aromatic carbocycles. The topological polar surface area (TPSA) is 92.2 Å². The number of thiazole rings is 1. The van der Waals surface area contributed by atoms with Crippen molar-refractivity contribution in [2.24, 2.45) is 0 Å². The van der Waals surface area contributed by atoms with Crippen molar-refractivity contribution in [2.75, 3.05) is 22.1 Å². The second-order valence-corrected chi connectivity index (χ2v) is 9.60. The summed E-state index contributed by atoms with van der Waals surface area (Å²) in [6.07, 6.45) is 4.82. The van der Waals surface area contributed by atoms with E-state index in [-0.39, 0.29) is 17.9 Å². The van der Waals surface area contributed by atoms with Gasteiger partial charge in [0.2, 0.25) is 11.9 Å². The van der Waals surface area contributed by atoms with Crippen LogP contribution in [0.25, 0.3) is 0 Å². The minimum Gasteiger partial charge on any atom is -0.361 e. The molecule has 3 aromatic heterocycles. The zero-order valence-electron chi connectivity index (χ0n) is 19.9. The monoisotopic (exact) mass is 522 g/mol. The van der Waals surface area contributed by atoms with Gasteiger partial charge in [0, 0.05) is 43.5 Å². The number of anilines is 3. The van der Waals surface area contributed by atoms with Gasteiger partial charge in [-0.05, 0) is 60.9 Å². The molecule has 1 saturated heterocycles. The number of carbonyl (C=O) groups excluding carboxylic acids is 2. The number of hydrogen-bond acceptors (Lipinski definition) is 6. The van der Waals surface area contributed by atoms with Crippen molar-refractivity contribution in [2.45, 2.75) is 32.4 Å². The van der Waals surface area contributed by atoms with Crippen LogP contribution < -0.4 is 15.5 Å². The fourth-order valence-electron chi connectivity index (χ4n) is 4.54. The third-order valence-corrected chi connectivity index (χ3v) is 6.90. The molecule has 5 rings (SSSR count). The van der Waals surface area contributed by atoms with E-state index >= 15 is 0 Å². The molecular formula is C26H24F2N6O2S. The standard InChI is InChI=1S/C26H24F2N6O2S/c1-16(35)30-18-6-7-21(19(27)13-18)34-11-3-4-22(34)20-15-37-26(31-20)32-25(36)23-5-2-10-33(23)14-17-8-9-29-24(28)12-17/h2,5-10,12-13,15,22H,3-4,11,14H2,1H3,(H,30,35)(H,31,32,36). The first kappa shape index (κ1) is 24.6. The Bertz CT molecular complexity index is 1450. The van der Waals surface area contributed by atoms with Gasteiger partial charge in [-0.2, -0.15) is 4.39 Å². The summed E-state index contributed by atoms with van der Waals surface area (Å²) in [7, 11) is 0. The maximum absolute atomic E-state index is 14.9. The second kappa shape index (κ2) is 10.5. The SMILES string of the molecule is CC(=O)Nc1ccc(N2CCCC2c2csc(NC(=O)c3cccn3Cc3ccnc(F)c3)n2)c(F)c1. The minimum absolute atomic E-state index is 0.131. The highest BCUT2D eigenvalue weighted by atomic mass is 32.1. The van der Waals surface area contributed by atoms with Gasteiger partial charge in [-0.25, -0.2) is 14.4 Å². The van der Waals surface area contributed by atoms with E-state index in [0.29, 0.717) is 40.9 Å². The number of hydrogen-bond donors (Lipinski definition) is 2. The van der Waals surface area contributed by atoms with Crippen molar-refractivity contribution < 1.29 is 18.4 Å². The van der Waals surface area contributed by atoms with Crippen molar-refractivity contribution in [1.82, 2.24) is 14.5 Å². The molecule has 190 valence electrons. The van der Waals surface area contributed by atoms with E-state index in [1.807, 2.05) is 10.3 Å². The van der Waals surface area contributed by atoms with Crippen LogP contribution in [-0.2, 0) is 11.3 Å². The lowest BCUT2D eigenvalue weighted by Gasteiger charge is -2.26. The molecule has 1 aliphatic rings. The Morgan fingerprint density at radius 1 is 1.16 bits per heavy atom. The van der Waals surface area contributed by atoms with E-state index in [1.165, 1.54) is 36.6 Å². The quantitative estimate of drug-likeness (QED) is 0.325. The van der Waals surface area contributed by atoms with Crippen molar-refractivity contribution in [1.29, 1.82) is 0 Å². The van der Waals surface area contributed by atoms with Crippen LogP contribution in [0, 0.1) is 11.8 Å². The average Bonchev–Trinajstić information content (AvgIpc) is 3.60. The summed E-state index contributed by atoms with van der Waals surface area (Å²) in [5, 5.41) is 7.75. The first-order valence-electron chi connectivity index (χ1n) is 11.7. The molecule has 4 heterocycles. The molecule has 8 nitrogen and oxygen atoms in total. The fourth-order valence-corrected chi connectivity index (χ4v) is 5.29. The van der Waals surface area contributed by atoms with Crippen LogP contribution in [0.4, 0.5) is 25.3 Å². The molecule has 0 radical (unpaired) electrons. The highest BCUT2D eigenvalue weighted by Crippen LogP contribution is 2.39. The van der Waals surface area contributed by atoms with Crippen molar-refractivity contribution in [3.63, 3.8) is 0 Å². The normalized spacial score (nSPS) is 15.1. The van der Waals surface area contributed by atoms with Gasteiger partial charge in [0.15, 0.2) is 5.13 Å². The van der Waals surface area contributed by atoms with E-state index in [2.05, 4.69) is 20.6 Å². The number of aromatic nitrogens is 3. The number of benzene rings is 1. The molecule has 2 N–H and O–H groups in total. The lowest BCUT2D eigenvalue weighted by Crippen LogP contribution is -2.24. The van der Waals surface area contributed by atoms with Crippen LogP contribution in [0.5, 0.6) is 0 Å². The summed E-state index contributed by atoms with van der Waals surface area (Å²) >= 11 is 1.31. The van der Waals surface area contributed by atoms with Gasteiger partial charge in [-0.1, -0.05) is 0 Å². The fraction of sp³-hybridized carbons (Fsp3) is 0.231. The third kappa shape index (κ3) is 5.51. The molecule has 1 atom stereocenters. The first-order chi connectivity index (χ1) is 17.9. The van der Waals surface area contributed by atoms with Gasteiger partial charge in [-0.15, -0.1) is 11.3 Å². The van der Waals surface area contributed by atoms with Crippen molar-refractivity contribution in [3.05, 3.63) is 89.0 Å². The van der Waals surface area contributed by atoms with E-state index in [4.69, 9.17) is 0 Å². The molecule has 4 aromatic rings. The summed E-state index contributed by atoms with van der Waals surface area (Å²) in [4.78, 5) is 34.4. The van der Waals surface area contributed by atoms with Gasteiger partial charge in [0.25, 0.3) is 5.91 Å². The predicted molar refractivity (Wildman–Crippen MR) is 138 cm³/mol. The maximum atomic E-state index is 14.9. The van der Waals surface area contributed by atoms with Gasteiger partial charge < -0.3 is 14.8 Å². The summed E-state index contributed by atoms with van der Waals surface area (Å²) in [5.74, 6) is -1.59. The average molecular weight is 523 g/mol. The summed E-state index contributed by atoms with van der Waals surface area (Å²) < 4.78 is 30.1. The van der Waals surface area contributed by atoms with Crippen LogP contribution in [-0.4, -0.2) is 32.9 Å². The summed E-state index contributed by atoms with van der Waals surface area (Å²) in [6.45, 7) is 2.37. The summed E-state index contributed by atoms with van der Waals surface area (Å²) in [6, 6.07) is 11.0. The highest BCUT2D eigenvalue weighted by Gasteiger charge is 2.30. The number of carbonyl (C=O) groups is 2. The zero-order valence-corrected chi connectivity index (χ0v) is 20.8. The minimum atomic E-state index is -0.574. The van der Waals surface area contributed by atoms with Crippen LogP contribution in [0.15, 0.2) is 60.2 Å². The number of pyridine rings is 1. The lowest BCUT2D eigenvalue weighted by molar-refractivity contribution is -0.114. The van der Waals surface area contributed by atoms with Crippen LogP contribution in [0.3, 0.4) is 0 Å². The molecule has 37 heavy (non-hydrogen) atoms. The lowest BCUT2D eigenvalue weighted by atomic mass is 10.1. The van der Waals surface area contributed by atoms with E-state index in [9.17, 15) is 18.4 Å². The molecule has 1 unspecified atom stereocenters. The molecule has 0 saturated carbocycles. The number of halogens is 2. The molecule has 1 aliphatic heterocycles. The van der Waals surface area contributed by atoms with Crippen LogP contribution in [0.1, 0.15) is 47.6 Å². The Balaban J connectivity index is 1.29. The third-order valence-electron chi connectivity index (χ3n) is 6.12. The molecular weight excluding hydrogens is 498 g/mol. The smallest absolute Gasteiger partial charge is 0.274 e. The molecule has 0 bridgehead atoms. The van der Waals surface area contributed by atoms with Gasteiger partial charge >= 0.3 is 0 Å². The first-order valence-corrected chi connectivity index (χ1v) is 12.6. The largest absolute Gasteiger partial charge is 0.361 e. The van der Waals surface area contributed by atoms with E-state index < -0.39 is 11.8 Å². The Labute approximate surface area is 216 Å². The van der Waals surface area contributed by atoms with Crippen LogP contribution >= 0.6 is 11.3 Å².